The van der Waals surface area contributed by atoms with E-state index >= 15 is 0 Å². The number of carbonyl (C=O) groups is 5. The van der Waals surface area contributed by atoms with Gasteiger partial charge in [0.1, 0.15) is 11.6 Å². The summed E-state index contributed by atoms with van der Waals surface area (Å²) in [7, 11) is 0. The van der Waals surface area contributed by atoms with Crippen LogP contribution in [0.5, 0.6) is 0 Å². The normalized spacial score (nSPS) is 17.0. The lowest BCUT2D eigenvalue weighted by Gasteiger charge is -2.24. The summed E-state index contributed by atoms with van der Waals surface area (Å²) >= 11 is 0. The van der Waals surface area contributed by atoms with Gasteiger partial charge in [-0.25, -0.2) is 4.79 Å². The lowest BCUT2D eigenvalue weighted by Crippen LogP contribution is -2.42. The predicted octanol–water partition coefficient (Wildman–Crippen LogP) is 3.32. The summed E-state index contributed by atoms with van der Waals surface area (Å²) in [4.78, 5) is 65.2. The maximum Gasteiger partial charge on any atom is 0.338 e. The fourth-order valence-electron chi connectivity index (χ4n) is 4.60. The number of carboxylic acid groups (broad SMARTS) is 1. The zero-order valence-corrected chi connectivity index (χ0v) is 21.7. The first-order valence-corrected chi connectivity index (χ1v) is 12.5. The Morgan fingerprint density at radius 1 is 1.00 bits per heavy atom. The fourth-order valence-corrected chi connectivity index (χ4v) is 4.60. The second kappa shape index (κ2) is 10.6. The number of carbonyl (C=O) groups excluding carboxylic acids is 4. The van der Waals surface area contributed by atoms with E-state index in [9.17, 15) is 29.1 Å². The number of hydrogen-bond acceptors (Lipinski definition) is 7. The Hall–Kier alpha value is -4.21. The minimum Gasteiger partial charge on any atom is -0.481 e. The molecule has 0 spiro atoms. The molecule has 0 radical (unpaired) electrons. The Morgan fingerprint density at radius 2 is 1.63 bits per heavy atom. The monoisotopic (exact) mass is 521 g/mol. The summed E-state index contributed by atoms with van der Waals surface area (Å²) in [5.74, 6) is -2.64. The summed E-state index contributed by atoms with van der Waals surface area (Å²) in [5, 5.41) is 12.4. The van der Waals surface area contributed by atoms with Crippen LogP contribution in [0.3, 0.4) is 0 Å². The molecule has 2 heterocycles. The van der Waals surface area contributed by atoms with Gasteiger partial charge < -0.3 is 20.1 Å². The highest BCUT2D eigenvalue weighted by atomic mass is 16.6. The Kier molecular flexibility index (Phi) is 7.52. The van der Waals surface area contributed by atoms with Crippen LogP contribution in [0.4, 0.5) is 5.69 Å². The van der Waals surface area contributed by atoms with Crippen molar-refractivity contribution >= 4 is 35.3 Å². The van der Waals surface area contributed by atoms with Crippen LogP contribution in [-0.2, 0) is 20.9 Å². The van der Waals surface area contributed by atoms with E-state index in [4.69, 9.17) is 4.74 Å². The van der Waals surface area contributed by atoms with Crippen molar-refractivity contribution in [3.8, 4) is 0 Å². The molecule has 2 aliphatic rings. The Balaban J connectivity index is 1.46. The minimum atomic E-state index is -1.12. The van der Waals surface area contributed by atoms with Crippen molar-refractivity contribution in [2.45, 2.75) is 58.2 Å². The van der Waals surface area contributed by atoms with Gasteiger partial charge >= 0.3 is 11.9 Å². The van der Waals surface area contributed by atoms with Crippen molar-refractivity contribution in [2.75, 3.05) is 18.4 Å². The van der Waals surface area contributed by atoms with E-state index in [2.05, 4.69) is 5.32 Å². The molecule has 2 N–H and O–H groups in total. The molecule has 2 aromatic carbocycles. The first-order valence-electron chi connectivity index (χ1n) is 12.5. The molecule has 3 amide bonds. The third-order valence-electron chi connectivity index (χ3n) is 6.36. The molecule has 10 nitrogen and oxygen atoms in total. The highest BCUT2D eigenvalue weighted by molar-refractivity contribution is 6.21. The van der Waals surface area contributed by atoms with Gasteiger partial charge in [0.05, 0.1) is 23.1 Å². The van der Waals surface area contributed by atoms with Gasteiger partial charge in [-0.2, -0.15) is 0 Å². The highest BCUT2D eigenvalue weighted by Gasteiger charge is 2.35. The SMILES string of the molecule is CC(C)(C)OC(=O)c1ccc2c(c1)CN(CCCCN1C(=O)c3ccccc3C1=O)C(=O)C(CC(=O)O)N2. The van der Waals surface area contributed by atoms with Crippen LogP contribution < -0.4 is 5.32 Å². The number of aliphatic carboxylic acids is 1. The first-order chi connectivity index (χ1) is 17.9. The molecular weight excluding hydrogens is 490 g/mol. The molecule has 1 atom stereocenters. The lowest BCUT2D eigenvalue weighted by molar-refractivity contribution is -0.141. The molecule has 2 aromatic rings. The molecular formula is C28H31N3O7. The number of fused-ring (bicyclic) bond motifs is 2. The molecule has 0 aliphatic carbocycles. The van der Waals surface area contributed by atoms with Crippen molar-refractivity contribution in [1.29, 1.82) is 0 Å². The number of benzene rings is 2. The largest absolute Gasteiger partial charge is 0.481 e. The van der Waals surface area contributed by atoms with Crippen LogP contribution in [0.1, 0.15) is 76.7 Å². The maximum absolute atomic E-state index is 13.2. The first kappa shape index (κ1) is 26.8. The summed E-state index contributed by atoms with van der Waals surface area (Å²) in [6.45, 7) is 5.99. The smallest absolute Gasteiger partial charge is 0.338 e. The van der Waals surface area contributed by atoms with Crippen molar-refractivity contribution < 1.29 is 33.8 Å². The summed E-state index contributed by atoms with van der Waals surface area (Å²) in [6.07, 6.45) is 0.550. The zero-order valence-electron chi connectivity index (χ0n) is 21.7. The van der Waals surface area contributed by atoms with Gasteiger partial charge in [-0.3, -0.25) is 24.1 Å². The number of anilines is 1. The van der Waals surface area contributed by atoms with Gasteiger partial charge in [0.25, 0.3) is 11.8 Å². The zero-order chi connectivity index (χ0) is 27.6. The molecule has 0 aromatic heterocycles. The molecule has 0 fully saturated rings. The van der Waals surface area contributed by atoms with E-state index in [0.29, 0.717) is 40.8 Å². The van der Waals surface area contributed by atoms with E-state index in [-0.39, 0.29) is 37.4 Å². The number of nitrogens with one attached hydrogen (secondary N) is 1. The number of hydrogen-bond donors (Lipinski definition) is 2. The number of nitrogens with zero attached hydrogens (tertiary/aromatic N) is 2. The van der Waals surface area contributed by atoms with Crippen LogP contribution >= 0.6 is 0 Å². The van der Waals surface area contributed by atoms with Crippen molar-refractivity contribution in [1.82, 2.24) is 9.80 Å². The Morgan fingerprint density at radius 3 is 2.24 bits per heavy atom. The summed E-state index contributed by atoms with van der Waals surface area (Å²) in [6, 6.07) is 10.6. The Bertz CT molecular complexity index is 1260. The molecule has 0 saturated heterocycles. The molecule has 200 valence electrons. The number of rotatable bonds is 8. The average Bonchev–Trinajstić information content (AvgIpc) is 3.00. The third kappa shape index (κ3) is 5.85. The molecule has 38 heavy (non-hydrogen) atoms. The van der Waals surface area contributed by atoms with E-state index in [1.165, 1.54) is 4.90 Å². The predicted molar refractivity (Wildman–Crippen MR) is 138 cm³/mol. The standard InChI is InChI=1S/C28H31N3O7/c1-28(2,3)38-27(37)17-10-11-21-18(14-17)16-30(26(36)22(29-21)15-23(32)33)12-6-7-13-31-24(34)19-8-4-5-9-20(19)25(31)35/h4-5,8-11,14,22,29H,6-7,12-13,15-16H2,1-3H3,(H,32,33). The lowest BCUT2D eigenvalue weighted by atomic mass is 10.1. The van der Waals surface area contributed by atoms with Crippen LogP contribution in [0.25, 0.3) is 0 Å². The molecule has 2 aliphatic heterocycles. The topological polar surface area (TPSA) is 133 Å². The molecule has 10 heteroatoms. The summed E-state index contributed by atoms with van der Waals surface area (Å²) < 4.78 is 5.46. The van der Waals surface area contributed by atoms with Crippen molar-refractivity contribution in [3.05, 3.63) is 64.7 Å². The van der Waals surface area contributed by atoms with E-state index < -0.39 is 30.0 Å². The van der Waals surface area contributed by atoms with E-state index in [1.807, 2.05) is 0 Å². The van der Waals surface area contributed by atoms with E-state index in [1.54, 1.807) is 68.1 Å². The van der Waals surface area contributed by atoms with Crippen molar-refractivity contribution in [2.24, 2.45) is 0 Å². The number of carboxylic acids is 1. The van der Waals surface area contributed by atoms with Gasteiger partial charge in [0.15, 0.2) is 0 Å². The van der Waals surface area contributed by atoms with Gasteiger partial charge in [0.2, 0.25) is 5.91 Å². The Labute approximate surface area is 220 Å². The number of imide groups is 1. The minimum absolute atomic E-state index is 0.168. The number of unbranched alkanes of at least 4 members (excludes halogenated alkanes) is 1. The average molecular weight is 522 g/mol. The second-order valence-corrected chi connectivity index (χ2v) is 10.4. The fraction of sp³-hybridized carbons (Fsp3) is 0.393. The van der Waals surface area contributed by atoms with Gasteiger partial charge in [-0.15, -0.1) is 0 Å². The van der Waals surface area contributed by atoms with Gasteiger partial charge in [0, 0.05) is 25.3 Å². The van der Waals surface area contributed by atoms with Crippen LogP contribution in [0, 0.1) is 0 Å². The molecule has 1 unspecified atom stereocenters. The number of esters is 1. The number of amides is 3. The third-order valence-corrected chi connectivity index (χ3v) is 6.36. The van der Waals surface area contributed by atoms with Gasteiger partial charge in [-0.05, 0) is 69.5 Å². The number of ether oxygens (including phenoxy) is 1. The second-order valence-electron chi connectivity index (χ2n) is 10.4. The van der Waals surface area contributed by atoms with Gasteiger partial charge in [-0.1, -0.05) is 12.1 Å². The van der Waals surface area contributed by atoms with Crippen LogP contribution in [0.15, 0.2) is 42.5 Å². The molecule has 0 bridgehead atoms. The van der Waals surface area contributed by atoms with Crippen LogP contribution in [0.2, 0.25) is 0 Å². The van der Waals surface area contributed by atoms with Crippen molar-refractivity contribution in [3.63, 3.8) is 0 Å². The molecule has 4 rings (SSSR count). The van der Waals surface area contributed by atoms with E-state index in [0.717, 1.165) is 0 Å². The van der Waals surface area contributed by atoms with Crippen LogP contribution in [-0.4, -0.2) is 69.3 Å². The summed E-state index contributed by atoms with van der Waals surface area (Å²) in [5.41, 5.74) is 1.67. The maximum atomic E-state index is 13.2. The quantitative estimate of drug-likeness (QED) is 0.307. The highest BCUT2D eigenvalue weighted by Crippen LogP contribution is 2.27. The molecule has 0 saturated carbocycles.